The molecule has 0 aromatic carbocycles. The third-order valence-electron chi connectivity index (χ3n) is 5.94. The number of nitrogens with zero attached hydrogens (tertiary/aromatic N) is 3. The Morgan fingerprint density at radius 2 is 2.08 bits per heavy atom. The summed E-state index contributed by atoms with van der Waals surface area (Å²) < 4.78 is 7.10. The van der Waals surface area contributed by atoms with Gasteiger partial charge in [0, 0.05) is 31.8 Å². The standard InChI is InChI=1S/C19H26N4O2/c1-25-15-12-17-16(21-13-15)2-3-18(24)23(17)11-10-22-8-5-19(6-9-22)4-7-20-14-19/h2-3,12-13,20H,4-11,14H2,1H3. The number of hydrogen-bond acceptors (Lipinski definition) is 5. The summed E-state index contributed by atoms with van der Waals surface area (Å²) in [6.07, 6.45) is 5.53. The number of likely N-dealkylation sites (tertiary alicyclic amines) is 1. The van der Waals surface area contributed by atoms with Crippen LogP contribution < -0.4 is 15.6 Å². The fraction of sp³-hybridized carbons (Fsp3) is 0.579. The molecule has 2 aromatic heterocycles. The topological polar surface area (TPSA) is 59.4 Å². The van der Waals surface area contributed by atoms with E-state index in [1.165, 1.54) is 32.4 Å². The van der Waals surface area contributed by atoms with Crippen molar-refractivity contribution in [2.45, 2.75) is 25.8 Å². The Balaban J connectivity index is 1.47. The van der Waals surface area contributed by atoms with Crippen LogP contribution in [0.5, 0.6) is 5.75 Å². The van der Waals surface area contributed by atoms with Gasteiger partial charge in [0.25, 0.3) is 5.56 Å². The molecule has 4 heterocycles. The van der Waals surface area contributed by atoms with Crippen LogP contribution in [-0.4, -0.2) is 54.3 Å². The SMILES string of the molecule is COc1cnc2ccc(=O)n(CCN3CCC4(CCNC4)CC3)c2c1. The predicted octanol–water partition coefficient (Wildman–Crippen LogP) is 1.48. The summed E-state index contributed by atoms with van der Waals surface area (Å²) in [4.78, 5) is 19.3. The average molecular weight is 342 g/mol. The summed E-state index contributed by atoms with van der Waals surface area (Å²) in [6, 6.07) is 5.29. The molecule has 0 atom stereocenters. The summed E-state index contributed by atoms with van der Waals surface area (Å²) in [5.41, 5.74) is 2.23. The molecule has 134 valence electrons. The van der Waals surface area contributed by atoms with E-state index in [0.717, 1.165) is 30.7 Å². The van der Waals surface area contributed by atoms with Crippen molar-refractivity contribution in [2.75, 3.05) is 39.8 Å². The quantitative estimate of drug-likeness (QED) is 0.912. The molecule has 4 rings (SSSR count). The smallest absolute Gasteiger partial charge is 0.251 e. The zero-order valence-electron chi connectivity index (χ0n) is 14.8. The molecule has 2 aromatic rings. The Kier molecular flexibility index (Phi) is 4.48. The van der Waals surface area contributed by atoms with Crippen LogP contribution in [0.3, 0.4) is 0 Å². The minimum atomic E-state index is 0.0241. The van der Waals surface area contributed by atoms with Crippen molar-refractivity contribution < 1.29 is 4.74 Å². The highest BCUT2D eigenvalue weighted by Gasteiger charge is 2.36. The van der Waals surface area contributed by atoms with Gasteiger partial charge in [0.1, 0.15) is 5.75 Å². The molecule has 1 spiro atoms. The molecule has 6 nitrogen and oxygen atoms in total. The lowest BCUT2D eigenvalue weighted by atomic mass is 9.78. The lowest BCUT2D eigenvalue weighted by Crippen LogP contribution is -2.42. The number of piperidine rings is 1. The number of aromatic nitrogens is 2. The van der Waals surface area contributed by atoms with Crippen molar-refractivity contribution >= 4 is 11.0 Å². The molecule has 2 aliphatic heterocycles. The van der Waals surface area contributed by atoms with Gasteiger partial charge in [0.15, 0.2) is 0 Å². The molecule has 1 N–H and O–H groups in total. The van der Waals surface area contributed by atoms with Gasteiger partial charge < -0.3 is 19.5 Å². The summed E-state index contributed by atoms with van der Waals surface area (Å²) in [5, 5.41) is 3.51. The summed E-state index contributed by atoms with van der Waals surface area (Å²) in [5.74, 6) is 0.681. The molecular weight excluding hydrogens is 316 g/mol. The molecule has 2 fully saturated rings. The van der Waals surface area contributed by atoms with Gasteiger partial charge in [-0.15, -0.1) is 0 Å². The van der Waals surface area contributed by atoms with Crippen molar-refractivity contribution in [1.29, 1.82) is 0 Å². The molecule has 0 unspecified atom stereocenters. The van der Waals surface area contributed by atoms with E-state index >= 15 is 0 Å². The van der Waals surface area contributed by atoms with Crippen molar-refractivity contribution in [2.24, 2.45) is 5.41 Å². The molecule has 0 bridgehead atoms. The van der Waals surface area contributed by atoms with Crippen molar-refractivity contribution in [1.82, 2.24) is 19.8 Å². The van der Waals surface area contributed by atoms with Gasteiger partial charge in [-0.3, -0.25) is 9.78 Å². The van der Waals surface area contributed by atoms with Crippen LogP contribution in [0.4, 0.5) is 0 Å². The first-order chi connectivity index (χ1) is 12.2. The Morgan fingerprint density at radius 1 is 1.24 bits per heavy atom. The van der Waals surface area contributed by atoms with Crippen LogP contribution in [0.15, 0.2) is 29.2 Å². The minimum Gasteiger partial charge on any atom is -0.495 e. The van der Waals surface area contributed by atoms with Gasteiger partial charge in [-0.1, -0.05) is 0 Å². The van der Waals surface area contributed by atoms with E-state index in [4.69, 9.17) is 4.74 Å². The second-order valence-electron chi connectivity index (χ2n) is 7.37. The third kappa shape index (κ3) is 3.28. The molecule has 0 aliphatic carbocycles. The molecule has 6 heteroatoms. The number of nitrogens with one attached hydrogen (secondary N) is 1. The summed E-state index contributed by atoms with van der Waals surface area (Å²) >= 11 is 0. The Hall–Kier alpha value is -1.92. The molecule has 25 heavy (non-hydrogen) atoms. The maximum Gasteiger partial charge on any atom is 0.251 e. The molecule has 0 saturated carbocycles. The number of pyridine rings is 2. The first-order valence-electron chi connectivity index (χ1n) is 9.16. The highest BCUT2D eigenvalue weighted by molar-refractivity contribution is 5.75. The van der Waals surface area contributed by atoms with Crippen LogP contribution in [0.1, 0.15) is 19.3 Å². The molecule has 0 radical (unpaired) electrons. The van der Waals surface area contributed by atoms with E-state index in [0.29, 0.717) is 17.7 Å². The van der Waals surface area contributed by atoms with E-state index in [9.17, 15) is 4.79 Å². The van der Waals surface area contributed by atoms with E-state index in [2.05, 4.69) is 15.2 Å². The predicted molar refractivity (Wildman–Crippen MR) is 98.1 cm³/mol. The maximum absolute atomic E-state index is 12.4. The average Bonchev–Trinajstić information content (AvgIpc) is 3.10. The van der Waals surface area contributed by atoms with Crippen LogP contribution in [-0.2, 0) is 6.54 Å². The highest BCUT2D eigenvalue weighted by atomic mass is 16.5. The van der Waals surface area contributed by atoms with Gasteiger partial charge in [-0.05, 0) is 50.4 Å². The Bertz CT molecular complexity index is 801. The molecule has 2 saturated heterocycles. The van der Waals surface area contributed by atoms with Gasteiger partial charge >= 0.3 is 0 Å². The minimum absolute atomic E-state index is 0.0241. The van der Waals surface area contributed by atoms with Gasteiger partial charge in [-0.25, -0.2) is 0 Å². The normalized spacial score (nSPS) is 20.4. The number of hydrogen-bond donors (Lipinski definition) is 1. The van der Waals surface area contributed by atoms with Crippen LogP contribution in [0.25, 0.3) is 11.0 Å². The first kappa shape index (κ1) is 16.5. The van der Waals surface area contributed by atoms with Gasteiger partial charge in [-0.2, -0.15) is 0 Å². The van der Waals surface area contributed by atoms with Crippen molar-refractivity contribution in [3.63, 3.8) is 0 Å². The van der Waals surface area contributed by atoms with Gasteiger partial charge in [0.05, 0.1) is 24.3 Å². The largest absolute Gasteiger partial charge is 0.495 e. The van der Waals surface area contributed by atoms with Crippen LogP contribution >= 0.6 is 0 Å². The Morgan fingerprint density at radius 3 is 2.80 bits per heavy atom. The number of ether oxygens (including phenoxy) is 1. The summed E-state index contributed by atoms with van der Waals surface area (Å²) in [6.45, 7) is 6.19. The fourth-order valence-electron chi connectivity index (χ4n) is 4.21. The summed E-state index contributed by atoms with van der Waals surface area (Å²) in [7, 11) is 1.62. The van der Waals surface area contributed by atoms with E-state index < -0.39 is 0 Å². The second kappa shape index (κ2) is 6.77. The number of fused-ring (bicyclic) bond motifs is 1. The highest BCUT2D eigenvalue weighted by Crippen LogP contribution is 2.36. The monoisotopic (exact) mass is 342 g/mol. The van der Waals surface area contributed by atoms with Crippen LogP contribution in [0, 0.1) is 5.41 Å². The Labute approximate surface area is 147 Å². The number of methoxy groups -OCH3 is 1. The van der Waals surface area contributed by atoms with Crippen molar-refractivity contribution in [3.8, 4) is 5.75 Å². The maximum atomic E-state index is 12.4. The zero-order chi connectivity index (χ0) is 17.3. The molecular formula is C19H26N4O2. The number of rotatable bonds is 4. The molecule has 0 amide bonds. The third-order valence-corrected chi connectivity index (χ3v) is 5.94. The van der Waals surface area contributed by atoms with E-state index in [-0.39, 0.29) is 5.56 Å². The van der Waals surface area contributed by atoms with Crippen LogP contribution in [0.2, 0.25) is 0 Å². The first-order valence-corrected chi connectivity index (χ1v) is 9.16. The molecule has 2 aliphatic rings. The van der Waals surface area contributed by atoms with E-state index in [1.54, 1.807) is 25.4 Å². The van der Waals surface area contributed by atoms with Crippen molar-refractivity contribution in [3.05, 3.63) is 34.7 Å². The lowest BCUT2D eigenvalue weighted by Gasteiger charge is -2.39. The lowest BCUT2D eigenvalue weighted by molar-refractivity contribution is 0.116. The fourth-order valence-corrected chi connectivity index (χ4v) is 4.21. The van der Waals surface area contributed by atoms with E-state index in [1.807, 2.05) is 10.6 Å². The second-order valence-corrected chi connectivity index (χ2v) is 7.37. The zero-order valence-corrected chi connectivity index (χ0v) is 14.8. The van der Waals surface area contributed by atoms with Gasteiger partial charge in [0.2, 0.25) is 0 Å².